The lowest BCUT2D eigenvalue weighted by Gasteiger charge is -2.24. The highest BCUT2D eigenvalue weighted by atomic mass is 32.1. The summed E-state index contributed by atoms with van der Waals surface area (Å²) in [6, 6.07) is 9.85. The Hall–Kier alpha value is -2.47. The van der Waals surface area contributed by atoms with Gasteiger partial charge in [-0.15, -0.1) is 11.3 Å². The number of ether oxygens (including phenoxy) is 1. The minimum absolute atomic E-state index is 0.0610. The lowest BCUT2D eigenvalue weighted by molar-refractivity contribution is -0.145. The second kappa shape index (κ2) is 6.44. The number of esters is 1. The first kappa shape index (κ1) is 16.0. The van der Waals surface area contributed by atoms with Crippen LogP contribution in [0.2, 0.25) is 0 Å². The topological polar surface area (TPSA) is 61.2 Å². The van der Waals surface area contributed by atoms with Crippen molar-refractivity contribution in [3.8, 4) is 11.1 Å². The Balaban J connectivity index is 1.90. The van der Waals surface area contributed by atoms with Crippen LogP contribution in [0.15, 0.2) is 40.5 Å². The molecule has 25 heavy (non-hydrogen) atoms. The number of hydrogen-bond acceptors (Lipinski definition) is 5. The Morgan fingerprint density at radius 3 is 2.92 bits per heavy atom. The van der Waals surface area contributed by atoms with Crippen molar-refractivity contribution in [1.82, 2.24) is 9.55 Å². The van der Waals surface area contributed by atoms with Crippen molar-refractivity contribution in [2.45, 2.75) is 32.2 Å². The fourth-order valence-corrected chi connectivity index (χ4v) is 4.35. The molecule has 1 aliphatic rings. The molecule has 0 aliphatic carbocycles. The normalized spacial score (nSPS) is 16.6. The molecule has 0 N–H and O–H groups in total. The number of carbonyl (C=O) groups excluding carboxylic acids is 1. The fourth-order valence-electron chi connectivity index (χ4n) is 3.40. The standard InChI is InChI=1S/C19H18N2O3S/c1-2-24-19(23)13-9-6-10-21-16(13)20-17-15(18(21)22)14(11-25-17)12-7-4-3-5-8-12/h3-5,7-8,11,13H,2,6,9-10H2,1H3/t13-/m0/s1. The quantitative estimate of drug-likeness (QED) is 0.675. The van der Waals surface area contributed by atoms with Gasteiger partial charge >= 0.3 is 5.97 Å². The maximum atomic E-state index is 13.1. The van der Waals surface area contributed by atoms with E-state index in [-0.39, 0.29) is 11.5 Å². The van der Waals surface area contributed by atoms with Crippen LogP contribution in [0.1, 0.15) is 31.5 Å². The average molecular weight is 354 g/mol. The number of fused-ring (bicyclic) bond motifs is 2. The van der Waals surface area contributed by atoms with E-state index in [2.05, 4.69) is 4.98 Å². The summed E-state index contributed by atoms with van der Waals surface area (Å²) in [5, 5.41) is 2.62. The molecule has 2 aromatic heterocycles. The Kier molecular flexibility index (Phi) is 4.13. The molecule has 0 saturated carbocycles. The van der Waals surface area contributed by atoms with Gasteiger partial charge in [0, 0.05) is 17.5 Å². The number of rotatable bonds is 3. The summed E-state index contributed by atoms with van der Waals surface area (Å²) < 4.78 is 6.83. The van der Waals surface area contributed by atoms with E-state index in [1.165, 1.54) is 11.3 Å². The molecule has 0 bridgehead atoms. The van der Waals surface area contributed by atoms with E-state index in [1.54, 1.807) is 11.5 Å². The van der Waals surface area contributed by atoms with Crippen molar-refractivity contribution >= 4 is 27.5 Å². The number of aromatic nitrogens is 2. The Labute approximate surface area is 148 Å². The third kappa shape index (κ3) is 2.66. The number of benzene rings is 1. The molecule has 0 saturated heterocycles. The zero-order chi connectivity index (χ0) is 17.4. The number of thiophene rings is 1. The summed E-state index contributed by atoms with van der Waals surface area (Å²) in [5.41, 5.74) is 1.85. The first-order valence-electron chi connectivity index (χ1n) is 8.44. The Morgan fingerprint density at radius 2 is 2.16 bits per heavy atom. The summed E-state index contributed by atoms with van der Waals surface area (Å²) in [5.74, 6) is -0.196. The summed E-state index contributed by atoms with van der Waals surface area (Å²) in [7, 11) is 0. The van der Waals surface area contributed by atoms with Crippen molar-refractivity contribution in [1.29, 1.82) is 0 Å². The lowest BCUT2D eigenvalue weighted by atomic mass is 9.98. The Morgan fingerprint density at radius 1 is 1.36 bits per heavy atom. The van der Waals surface area contributed by atoms with Crippen LogP contribution in [0.25, 0.3) is 21.3 Å². The minimum atomic E-state index is -0.451. The second-order valence-electron chi connectivity index (χ2n) is 6.07. The molecule has 0 amide bonds. The van der Waals surface area contributed by atoms with Crippen LogP contribution in [0.5, 0.6) is 0 Å². The molecule has 1 aromatic carbocycles. The van der Waals surface area contributed by atoms with E-state index in [0.717, 1.165) is 17.5 Å². The van der Waals surface area contributed by atoms with Crippen LogP contribution in [-0.2, 0) is 16.1 Å². The van der Waals surface area contributed by atoms with Crippen molar-refractivity contribution in [3.63, 3.8) is 0 Å². The molecule has 6 heteroatoms. The van der Waals surface area contributed by atoms with Crippen molar-refractivity contribution in [3.05, 3.63) is 51.9 Å². The summed E-state index contributed by atoms with van der Waals surface area (Å²) in [6.45, 7) is 2.71. The van der Waals surface area contributed by atoms with Gasteiger partial charge in [0.1, 0.15) is 16.6 Å². The zero-order valence-corrected chi connectivity index (χ0v) is 14.7. The highest BCUT2D eigenvalue weighted by Crippen LogP contribution is 2.33. The third-order valence-corrected chi connectivity index (χ3v) is 5.44. The maximum absolute atomic E-state index is 13.1. The van der Waals surface area contributed by atoms with Gasteiger partial charge in [-0.05, 0) is 25.3 Å². The number of hydrogen-bond donors (Lipinski definition) is 0. The van der Waals surface area contributed by atoms with Gasteiger partial charge in [0.2, 0.25) is 0 Å². The molecule has 5 nitrogen and oxygen atoms in total. The predicted molar refractivity (Wildman–Crippen MR) is 97.9 cm³/mol. The average Bonchev–Trinajstić information content (AvgIpc) is 3.07. The lowest BCUT2D eigenvalue weighted by Crippen LogP contribution is -2.33. The van der Waals surface area contributed by atoms with Gasteiger partial charge in [0.15, 0.2) is 0 Å². The van der Waals surface area contributed by atoms with Gasteiger partial charge in [-0.25, -0.2) is 4.98 Å². The van der Waals surface area contributed by atoms with Gasteiger partial charge in [-0.2, -0.15) is 0 Å². The van der Waals surface area contributed by atoms with Crippen LogP contribution in [0.4, 0.5) is 0 Å². The van der Waals surface area contributed by atoms with Gasteiger partial charge in [-0.3, -0.25) is 14.2 Å². The third-order valence-electron chi connectivity index (χ3n) is 4.57. The minimum Gasteiger partial charge on any atom is -0.465 e. The smallest absolute Gasteiger partial charge is 0.316 e. The van der Waals surface area contributed by atoms with Gasteiger partial charge < -0.3 is 4.74 Å². The molecule has 0 radical (unpaired) electrons. The number of carbonyl (C=O) groups is 1. The van der Waals surface area contributed by atoms with Gasteiger partial charge in [0.05, 0.1) is 12.0 Å². The van der Waals surface area contributed by atoms with E-state index >= 15 is 0 Å². The second-order valence-corrected chi connectivity index (χ2v) is 6.93. The molecule has 3 aromatic rings. The molecular formula is C19H18N2O3S. The van der Waals surface area contributed by atoms with Crippen molar-refractivity contribution < 1.29 is 9.53 Å². The van der Waals surface area contributed by atoms with Crippen LogP contribution >= 0.6 is 11.3 Å². The van der Waals surface area contributed by atoms with E-state index in [9.17, 15) is 9.59 Å². The summed E-state index contributed by atoms with van der Waals surface area (Å²) in [6.07, 6.45) is 1.45. The molecule has 128 valence electrons. The molecule has 0 spiro atoms. The fraction of sp³-hybridized carbons (Fsp3) is 0.316. The SMILES string of the molecule is CCOC(=O)[C@H]1CCCn2c1nc1scc(-c3ccccc3)c1c2=O. The van der Waals surface area contributed by atoms with E-state index in [1.807, 2.05) is 35.7 Å². The molecule has 0 unspecified atom stereocenters. The molecule has 1 atom stereocenters. The van der Waals surface area contributed by atoms with Gasteiger partial charge in [0.25, 0.3) is 5.56 Å². The molecule has 3 heterocycles. The van der Waals surface area contributed by atoms with E-state index < -0.39 is 5.92 Å². The first-order chi connectivity index (χ1) is 12.2. The van der Waals surface area contributed by atoms with E-state index in [0.29, 0.717) is 35.6 Å². The van der Waals surface area contributed by atoms with Gasteiger partial charge in [-0.1, -0.05) is 30.3 Å². The molecule has 1 aliphatic heterocycles. The largest absolute Gasteiger partial charge is 0.465 e. The summed E-state index contributed by atoms with van der Waals surface area (Å²) in [4.78, 5) is 30.8. The highest BCUT2D eigenvalue weighted by molar-refractivity contribution is 7.17. The monoisotopic (exact) mass is 354 g/mol. The predicted octanol–water partition coefficient (Wildman–Crippen LogP) is 3.57. The molecule has 4 rings (SSSR count). The molecular weight excluding hydrogens is 336 g/mol. The summed E-state index contributed by atoms with van der Waals surface area (Å²) >= 11 is 1.45. The van der Waals surface area contributed by atoms with Crippen LogP contribution in [0.3, 0.4) is 0 Å². The highest BCUT2D eigenvalue weighted by Gasteiger charge is 2.31. The number of nitrogens with zero attached hydrogens (tertiary/aromatic N) is 2. The van der Waals surface area contributed by atoms with Crippen molar-refractivity contribution in [2.24, 2.45) is 0 Å². The maximum Gasteiger partial charge on any atom is 0.316 e. The van der Waals surface area contributed by atoms with Crippen molar-refractivity contribution in [2.75, 3.05) is 6.61 Å². The van der Waals surface area contributed by atoms with Crippen LogP contribution in [-0.4, -0.2) is 22.1 Å². The Bertz CT molecular complexity index is 991. The van der Waals surface area contributed by atoms with E-state index in [4.69, 9.17) is 4.74 Å². The van der Waals surface area contributed by atoms with Crippen LogP contribution < -0.4 is 5.56 Å². The molecule has 0 fully saturated rings. The zero-order valence-electron chi connectivity index (χ0n) is 13.9. The first-order valence-corrected chi connectivity index (χ1v) is 9.32. The van der Waals surface area contributed by atoms with Crippen LogP contribution in [0, 0.1) is 0 Å².